The van der Waals surface area contributed by atoms with Crippen molar-refractivity contribution >= 4 is 5.69 Å². The second-order valence-electron chi connectivity index (χ2n) is 4.74. The van der Waals surface area contributed by atoms with Crippen molar-refractivity contribution in [3.05, 3.63) is 54.1 Å². The number of fused-ring (bicyclic) bond motifs is 1. The van der Waals surface area contributed by atoms with Gasteiger partial charge in [-0.05, 0) is 31.4 Å². The standard InChI is InChI=1S/C16H22N2/c1-3-13(4-2)9-10-15-12-17-11-14-7-5-6-8-16(14)18-15/h3-8,15,17-18H,1,9-12H2,2H3/b13-4+/t15-/m0/s1. The Morgan fingerprint density at radius 3 is 3.06 bits per heavy atom. The van der Waals surface area contributed by atoms with Gasteiger partial charge in [0.25, 0.3) is 0 Å². The lowest BCUT2D eigenvalue weighted by Crippen LogP contribution is -2.29. The van der Waals surface area contributed by atoms with Gasteiger partial charge in [-0.2, -0.15) is 0 Å². The van der Waals surface area contributed by atoms with E-state index in [1.165, 1.54) is 16.8 Å². The first-order chi connectivity index (χ1) is 8.83. The van der Waals surface area contributed by atoms with Gasteiger partial charge < -0.3 is 10.6 Å². The molecular formula is C16H22N2. The predicted octanol–water partition coefficient (Wildman–Crippen LogP) is 3.48. The molecule has 96 valence electrons. The van der Waals surface area contributed by atoms with E-state index < -0.39 is 0 Å². The first kappa shape index (κ1) is 12.9. The van der Waals surface area contributed by atoms with Gasteiger partial charge in [-0.1, -0.05) is 42.5 Å². The van der Waals surface area contributed by atoms with Gasteiger partial charge in [0.1, 0.15) is 0 Å². The molecule has 1 heterocycles. The van der Waals surface area contributed by atoms with Crippen molar-refractivity contribution in [2.45, 2.75) is 32.4 Å². The SMILES string of the molecule is C=C/C(=C\C)CC[C@H]1CNCc2ccccc2N1. The molecule has 2 N–H and O–H groups in total. The molecule has 2 nitrogen and oxygen atoms in total. The van der Waals surface area contributed by atoms with Crippen LogP contribution < -0.4 is 10.6 Å². The van der Waals surface area contributed by atoms with Gasteiger partial charge in [-0.15, -0.1) is 0 Å². The van der Waals surface area contributed by atoms with E-state index in [2.05, 4.69) is 54.5 Å². The zero-order valence-electron chi connectivity index (χ0n) is 11.1. The first-order valence-corrected chi connectivity index (χ1v) is 6.66. The van der Waals surface area contributed by atoms with Crippen LogP contribution in [0.25, 0.3) is 0 Å². The van der Waals surface area contributed by atoms with Gasteiger partial charge in [0.05, 0.1) is 0 Å². The highest BCUT2D eigenvalue weighted by Crippen LogP contribution is 2.20. The third-order valence-electron chi connectivity index (χ3n) is 3.50. The summed E-state index contributed by atoms with van der Waals surface area (Å²) in [4.78, 5) is 0. The quantitative estimate of drug-likeness (QED) is 0.790. The Morgan fingerprint density at radius 2 is 2.28 bits per heavy atom. The molecule has 1 aliphatic rings. The normalized spacial score (nSPS) is 19.6. The maximum absolute atomic E-state index is 3.85. The highest BCUT2D eigenvalue weighted by molar-refractivity contribution is 5.52. The molecule has 1 aromatic carbocycles. The molecule has 18 heavy (non-hydrogen) atoms. The van der Waals surface area contributed by atoms with Crippen molar-refractivity contribution in [3.63, 3.8) is 0 Å². The highest BCUT2D eigenvalue weighted by atomic mass is 15.0. The van der Waals surface area contributed by atoms with Gasteiger partial charge in [0, 0.05) is 24.8 Å². The lowest BCUT2D eigenvalue weighted by Gasteiger charge is -2.18. The fourth-order valence-electron chi connectivity index (χ4n) is 2.35. The lowest BCUT2D eigenvalue weighted by atomic mass is 10.0. The summed E-state index contributed by atoms with van der Waals surface area (Å²) in [5, 5.41) is 7.14. The van der Waals surface area contributed by atoms with Crippen molar-refractivity contribution < 1.29 is 0 Å². The summed E-state index contributed by atoms with van der Waals surface area (Å²) >= 11 is 0. The van der Waals surface area contributed by atoms with E-state index in [0.717, 1.165) is 25.9 Å². The minimum absolute atomic E-state index is 0.489. The number of rotatable bonds is 4. The molecule has 0 spiro atoms. The molecule has 0 saturated heterocycles. The summed E-state index contributed by atoms with van der Waals surface area (Å²) in [6.45, 7) is 7.89. The molecule has 1 atom stereocenters. The predicted molar refractivity (Wildman–Crippen MR) is 78.7 cm³/mol. The molecule has 0 radical (unpaired) electrons. The van der Waals surface area contributed by atoms with Crippen LogP contribution in [0.4, 0.5) is 5.69 Å². The molecule has 2 rings (SSSR count). The Balaban J connectivity index is 1.98. The van der Waals surface area contributed by atoms with E-state index in [0.29, 0.717) is 6.04 Å². The molecule has 0 fully saturated rings. The van der Waals surface area contributed by atoms with Crippen LogP contribution in [0, 0.1) is 0 Å². The van der Waals surface area contributed by atoms with E-state index in [1.54, 1.807) is 0 Å². The second kappa shape index (κ2) is 6.41. The fraction of sp³-hybridized carbons (Fsp3) is 0.375. The zero-order chi connectivity index (χ0) is 12.8. The smallest absolute Gasteiger partial charge is 0.0389 e. The van der Waals surface area contributed by atoms with E-state index in [1.807, 2.05) is 6.08 Å². The van der Waals surface area contributed by atoms with Crippen LogP contribution in [0.3, 0.4) is 0 Å². The molecule has 1 aliphatic heterocycles. The summed E-state index contributed by atoms with van der Waals surface area (Å²) in [5.41, 5.74) is 3.96. The van der Waals surface area contributed by atoms with Crippen LogP contribution in [0.15, 0.2) is 48.6 Å². The molecular weight excluding hydrogens is 220 g/mol. The lowest BCUT2D eigenvalue weighted by molar-refractivity contribution is 0.586. The minimum Gasteiger partial charge on any atom is -0.381 e. The van der Waals surface area contributed by atoms with Crippen molar-refractivity contribution in [1.82, 2.24) is 5.32 Å². The minimum atomic E-state index is 0.489. The van der Waals surface area contributed by atoms with Crippen molar-refractivity contribution in [2.75, 3.05) is 11.9 Å². The Hall–Kier alpha value is -1.54. The van der Waals surface area contributed by atoms with Gasteiger partial charge in [-0.25, -0.2) is 0 Å². The van der Waals surface area contributed by atoms with Crippen LogP contribution >= 0.6 is 0 Å². The van der Waals surface area contributed by atoms with Crippen LogP contribution in [0.1, 0.15) is 25.3 Å². The highest BCUT2D eigenvalue weighted by Gasteiger charge is 2.14. The van der Waals surface area contributed by atoms with Gasteiger partial charge in [-0.3, -0.25) is 0 Å². The number of hydrogen-bond acceptors (Lipinski definition) is 2. The second-order valence-corrected chi connectivity index (χ2v) is 4.74. The van der Waals surface area contributed by atoms with Crippen LogP contribution in [0.5, 0.6) is 0 Å². The molecule has 0 aromatic heterocycles. The van der Waals surface area contributed by atoms with Crippen LogP contribution in [-0.4, -0.2) is 12.6 Å². The molecule has 1 aromatic rings. The van der Waals surface area contributed by atoms with Crippen molar-refractivity contribution in [2.24, 2.45) is 0 Å². The van der Waals surface area contributed by atoms with Gasteiger partial charge in [0.15, 0.2) is 0 Å². The molecule has 0 bridgehead atoms. The first-order valence-electron chi connectivity index (χ1n) is 6.66. The number of anilines is 1. The van der Waals surface area contributed by atoms with Crippen molar-refractivity contribution in [3.8, 4) is 0 Å². The average Bonchev–Trinajstić information content (AvgIpc) is 2.61. The van der Waals surface area contributed by atoms with Gasteiger partial charge >= 0.3 is 0 Å². The monoisotopic (exact) mass is 242 g/mol. The topological polar surface area (TPSA) is 24.1 Å². The van der Waals surface area contributed by atoms with E-state index >= 15 is 0 Å². The summed E-state index contributed by atoms with van der Waals surface area (Å²) in [5.74, 6) is 0. The molecule has 2 heteroatoms. The Labute approximate surface area is 110 Å². The summed E-state index contributed by atoms with van der Waals surface area (Å²) in [6.07, 6.45) is 6.32. The largest absolute Gasteiger partial charge is 0.381 e. The zero-order valence-corrected chi connectivity index (χ0v) is 11.1. The number of nitrogens with one attached hydrogen (secondary N) is 2. The Morgan fingerprint density at radius 1 is 1.44 bits per heavy atom. The average molecular weight is 242 g/mol. The number of allylic oxidation sites excluding steroid dienone is 3. The molecule has 0 saturated carbocycles. The molecule has 0 amide bonds. The maximum atomic E-state index is 3.85. The summed E-state index contributed by atoms with van der Waals surface area (Å²) in [6, 6.07) is 9.02. The number of benzene rings is 1. The number of hydrogen-bond donors (Lipinski definition) is 2. The Kier molecular flexibility index (Phi) is 4.59. The molecule has 0 unspecified atom stereocenters. The third-order valence-corrected chi connectivity index (χ3v) is 3.50. The van der Waals surface area contributed by atoms with Crippen LogP contribution in [0.2, 0.25) is 0 Å². The maximum Gasteiger partial charge on any atom is 0.0389 e. The summed E-state index contributed by atoms with van der Waals surface area (Å²) in [7, 11) is 0. The van der Waals surface area contributed by atoms with Crippen LogP contribution in [-0.2, 0) is 6.54 Å². The third kappa shape index (κ3) is 3.23. The van der Waals surface area contributed by atoms with E-state index in [9.17, 15) is 0 Å². The summed E-state index contributed by atoms with van der Waals surface area (Å²) < 4.78 is 0. The Bertz CT molecular complexity index is 434. The van der Waals surface area contributed by atoms with E-state index in [4.69, 9.17) is 0 Å². The van der Waals surface area contributed by atoms with Crippen molar-refractivity contribution in [1.29, 1.82) is 0 Å². The molecule has 0 aliphatic carbocycles. The number of para-hydroxylation sites is 1. The van der Waals surface area contributed by atoms with E-state index in [-0.39, 0.29) is 0 Å². The fourth-order valence-corrected chi connectivity index (χ4v) is 2.35. The van der Waals surface area contributed by atoms with Gasteiger partial charge in [0.2, 0.25) is 0 Å².